The molecular formula is C21H26N2O2. The molecule has 0 spiro atoms. The van der Waals surface area contributed by atoms with Crippen LogP contribution in [0.3, 0.4) is 0 Å². The van der Waals surface area contributed by atoms with Gasteiger partial charge in [-0.25, -0.2) is 0 Å². The molecule has 0 aromatic heterocycles. The van der Waals surface area contributed by atoms with Gasteiger partial charge in [-0.05, 0) is 43.5 Å². The molecule has 25 heavy (non-hydrogen) atoms. The monoisotopic (exact) mass is 338 g/mol. The minimum Gasteiger partial charge on any atom is -0.496 e. The van der Waals surface area contributed by atoms with Gasteiger partial charge in [0.2, 0.25) is 5.91 Å². The molecular weight excluding hydrogens is 312 g/mol. The van der Waals surface area contributed by atoms with Crippen LogP contribution in [0.1, 0.15) is 29.9 Å². The van der Waals surface area contributed by atoms with E-state index in [0.717, 1.165) is 37.2 Å². The molecule has 0 saturated carbocycles. The van der Waals surface area contributed by atoms with Gasteiger partial charge in [0, 0.05) is 12.1 Å². The average Bonchev–Trinajstić information content (AvgIpc) is 2.68. The van der Waals surface area contributed by atoms with Crippen molar-refractivity contribution in [2.75, 3.05) is 26.7 Å². The molecule has 1 fully saturated rings. The summed E-state index contributed by atoms with van der Waals surface area (Å²) in [6.07, 6.45) is 2.23. The highest BCUT2D eigenvalue weighted by Gasteiger charge is 2.21. The number of rotatable bonds is 6. The van der Waals surface area contributed by atoms with Gasteiger partial charge < -0.3 is 10.1 Å². The number of carbonyl (C=O) groups excluding carboxylic acids is 1. The van der Waals surface area contributed by atoms with Crippen molar-refractivity contribution in [1.82, 2.24) is 10.2 Å². The molecule has 1 amide bonds. The molecule has 1 aliphatic rings. The molecule has 0 unspecified atom stereocenters. The van der Waals surface area contributed by atoms with Crippen molar-refractivity contribution in [3.8, 4) is 5.75 Å². The summed E-state index contributed by atoms with van der Waals surface area (Å²) in [5.74, 6) is 1.50. The zero-order chi connectivity index (χ0) is 17.5. The Morgan fingerprint density at radius 3 is 2.48 bits per heavy atom. The predicted molar refractivity (Wildman–Crippen MR) is 99.7 cm³/mol. The van der Waals surface area contributed by atoms with Crippen molar-refractivity contribution in [1.29, 1.82) is 0 Å². The van der Waals surface area contributed by atoms with Crippen LogP contribution in [0.4, 0.5) is 0 Å². The second kappa shape index (κ2) is 8.67. The highest BCUT2D eigenvalue weighted by Crippen LogP contribution is 2.27. The van der Waals surface area contributed by atoms with Gasteiger partial charge in [0.1, 0.15) is 5.75 Å². The summed E-state index contributed by atoms with van der Waals surface area (Å²) in [5, 5.41) is 3.00. The van der Waals surface area contributed by atoms with Crippen LogP contribution in [0.25, 0.3) is 0 Å². The molecule has 4 heteroatoms. The Kier molecular flexibility index (Phi) is 6.07. The number of nitrogens with zero attached hydrogens (tertiary/aromatic N) is 1. The second-order valence-corrected chi connectivity index (χ2v) is 6.55. The van der Waals surface area contributed by atoms with Crippen molar-refractivity contribution < 1.29 is 9.53 Å². The summed E-state index contributed by atoms with van der Waals surface area (Å²) in [6.45, 7) is 2.92. The molecule has 1 aliphatic heterocycles. The maximum Gasteiger partial charge on any atom is 0.234 e. The molecule has 4 nitrogen and oxygen atoms in total. The van der Waals surface area contributed by atoms with E-state index in [1.54, 1.807) is 7.11 Å². The molecule has 0 aliphatic carbocycles. The van der Waals surface area contributed by atoms with E-state index in [9.17, 15) is 4.79 Å². The van der Waals surface area contributed by atoms with E-state index < -0.39 is 0 Å². The van der Waals surface area contributed by atoms with Gasteiger partial charge in [-0.1, -0.05) is 48.5 Å². The Hall–Kier alpha value is -2.33. The molecule has 1 heterocycles. The van der Waals surface area contributed by atoms with Gasteiger partial charge >= 0.3 is 0 Å². The lowest BCUT2D eigenvalue weighted by atomic mass is 9.89. The maximum absolute atomic E-state index is 12.2. The topological polar surface area (TPSA) is 41.6 Å². The fourth-order valence-corrected chi connectivity index (χ4v) is 3.45. The van der Waals surface area contributed by atoms with Gasteiger partial charge in [-0.3, -0.25) is 9.69 Å². The molecule has 0 atom stereocenters. The number of piperidine rings is 1. The number of carbonyl (C=O) groups is 1. The number of ether oxygens (including phenoxy) is 1. The second-order valence-electron chi connectivity index (χ2n) is 6.55. The third-order valence-corrected chi connectivity index (χ3v) is 4.89. The highest BCUT2D eigenvalue weighted by atomic mass is 16.5. The van der Waals surface area contributed by atoms with Crippen molar-refractivity contribution in [2.24, 2.45) is 0 Å². The van der Waals surface area contributed by atoms with E-state index >= 15 is 0 Å². The number of amides is 1. The smallest absolute Gasteiger partial charge is 0.234 e. The Morgan fingerprint density at radius 1 is 1.08 bits per heavy atom. The van der Waals surface area contributed by atoms with Crippen molar-refractivity contribution >= 4 is 5.91 Å². The largest absolute Gasteiger partial charge is 0.496 e. The van der Waals surface area contributed by atoms with Crippen molar-refractivity contribution in [3.63, 3.8) is 0 Å². The number of hydrogen-bond donors (Lipinski definition) is 1. The minimum absolute atomic E-state index is 0.0732. The van der Waals surface area contributed by atoms with Crippen LogP contribution in [0, 0.1) is 0 Å². The fourth-order valence-electron chi connectivity index (χ4n) is 3.45. The van der Waals surface area contributed by atoms with Crippen LogP contribution < -0.4 is 10.1 Å². The first kappa shape index (κ1) is 17.5. The molecule has 3 rings (SSSR count). The first-order valence-electron chi connectivity index (χ1n) is 8.92. The SMILES string of the molecule is COc1ccccc1CNC(=O)CN1CCC(c2ccccc2)CC1. The molecule has 1 N–H and O–H groups in total. The molecule has 0 bridgehead atoms. The molecule has 0 radical (unpaired) electrons. The minimum atomic E-state index is 0.0732. The Bertz CT molecular complexity index is 679. The standard InChI is InChI=1S/C21H26N2O2/c1-25-20-10-6-5-9-19(20)15-22-21(24)16-23-13-11-18(12-14-23)17-7-3-2-4-8-17/h2-10,18H,11-16H2,1H3,(H,22,24). The lowest BCUT2D eigenvalue weighted by Crippen LogP contribution is -2.41. The van der Waals surface area contributed by atoms with E-state index in [2.05, 4.69) is 40.5 Å². The molecule has 2 aromatic rings. The van der Waals surface area contributed by atoms with Gasteiger partial charge in [0.15, 0.2) is 0 Å². The Labute approximate surface area is 149 Å². The van der Waals surface area contributed by atoms with Gasteiger partial charge in [0.05, 0.1) is 13.7 Å². The van der Waals surface area contributed by atoms with E-state index in [-0.39, 0.29) is 5.91 Å². The van der Waals surface area contributed by atoms with Crippen LogP contribution in [-0.2, 0) is 11.3 Å². The maximum atomic E-state index is 12.2. The van der Waals surface area contributed by atoms with Gasteiger partial charge in [0.25, 0.3) is 0 Å². The molecule has 1 saturated heterocycles. The zero-order valence-corrected chi connectivity index (χ0v) is 14.8. The summed E-state index contributed by atoms with van der Waals surface area (Å²) in [5.41, 5.74) is 2.42. The lowest BCUT2D eigenvalue weighted by molar-refractivity contribution is -0.122. The summed E-state index contributed by atoms with van der Waals surface area (Å²) in [6, 6.07) is 18.5. The average molecular weight is 338 g/mol. The van der Waals surface area contributed by atoms with E-state index in [1.807, 2.05) is 24.3 Å². The third kappa shape index (κ3) is 4.83. The van der Waals surface area contributed by atoms with E-state index in [4.69, 9.17) is 4.74 Å². The first-order valence-corrected chi connectivity index (χ1v) is 8.92. The van der Waals surface area contributed by atoms with Crippen LogP contribution in [-0.4, -0.2) is 37.6 Å². The fraction of sp³-hybridized carbons (Fsp3) is 0.381. The van der Waals surface area contributed by atoms with Crippen LogP contribution in [0.2, 0.25) is 0 Å². The zero-order valence-electron chi connectivity index (χ0n) is 14.8. The van der Waals surface area contributed by atoms with Crippen molar-refractivity contribution in [2.45, 2.75) is 25.3 Å². The van der Waals surface area contributed by atoms with E-state index in [0.29, 0.717) is 19.0 Å². The van der Waals surface area contributed by atoms with Gasteiger partial charge in [-0.15, -0.1) is 0 Å². The van der Waals surface area contributed by atoms with Gasteiger partial charge in [-0.2, -0.15) is 0 Å². The third-order valence-electron chi connectivity index (χ3n) is 4.89. The normalized spacial score (nSPS) is 15.7. The molecule has 2 aromatic carbocycles. The first-order chi connectivity index (χ1) is 12.3. The van der Waals surface area contributed by atoms with Crippen LogP contribution in [0.5, 0.6) is 5.75 Å². The Morgan fingerprint density at radius 2 is 1.76 bits per heavy atom. The summed E-state index contributed by atoms with van der Waals surface area (Å²) in [7, 11) is 1.65. The highest BCUT2D eigenvalue weighted by molar-refractivity contribution is 5.78. The number of benzene rings is 2. The summed E-state index contributed by atoms with van der Waals surface area (Å²) >= 11 is 0. The predicted octanol–water partition coefficient (Wildman–Crippen LogP) is 3.19. The number of likely N-dealkylation sites (tertiary alicyclic amines) is 1. The molecule has 132 valence electrons. The summed E-state index contributed by atoms with van der Waals surface area (Å²) in [4.78, 5) is 14.5. The lowest BCUT2D eigenvalue weighted by Gasteiger charge is -2.31. The Balaban J connectivity index is 1.43. The van der Waals surface area contributed by atoms with Crippen molar-refractivity contribution in [3.05, 3.63) is 65.7 Å². The number of para-hydroxylation sites is 1. The quantitative estimate of drug-likeness (QED) is 0.879. The summed E-state index contributed by atoms with van der Waals surface area (Å²) < 4.78 is 5.32. The van der Waals surface area contributed by atoms with Crippen LogP contribution >= 0.6 is 0 Å². The van der Waals surface area contributed by atoms with Crippen LogP contribution in [0.15, 0.2) is 54.6 Å². The number of nitrogens with one attached hydrogen (secondary N) is 1. The number of methoxy groups -OCH3 is 1. The number of hydrogen-bond acceptors (Lipinski definition) is 3. The van der Waals surface area contributed by atoms with E-state index in [1.165, 1.54) is 5.56 Å².